The Bertz CT molecular complexity index is 535. The van der Waals surface area contributed by atoms with E-state index in [-0.39, 0.29) is 5.91 Å². The molecule has 0 saturated heterocycles. The van der Waals surface area contributed by atoms with E-state index in [1.165, 1.54) is 0 Å². The highest BCUT2D eigenvalue weighted by atomic mass is 16.5. The molecule has 0 unspecified atom stereocenters. The quantitative estimate of drug-likeness (QED) is 0.874. The lowest BCUT2D eigenvalue weighted by molar-refractivity contribution is -0.120. The Morgan fingerprint density at radius 2 is 1.70 bits per heavy atom. The molecular formula is C17H19NO2. The second-order valence-corrected chi connectivity index (χ2v) is 4.55. The molecule has 0 saturated carbocycles. The van der Waals surface area contributed by atoms with Gasteiger partial charge < -0.3 is 10.1 Å². The summed E-state index contributed by atoms with van der Waals surface area (Å²) in [7, 11) is 0. The Labute approximate surface area is 119 Å². The number of ether oxygens (including phenoxy) is 1. The van der Waals surface area contributed by atoms with Crippen LogP contribution in [0.15, 0.2) is 54.6 Å². The predicted molar refractivity (Wildman–Crippen MR) is 79.4 cm³/mol. The van der Waals surface area contributed by atoms with Crippen LogP contribution in [0.4, 0.5) is 0 Å². The Morgan fingerprint density at radius 1 is 1.00 bits per heavy atom. The first kappa shape index (κ1) is 14.1. The van der Waals surface area contributed by atoms with Crippen molar-refractivity contribution in [2.45, 2.75) is 26.5 Å². The van der Waals surface area contributed by atoms with E-state index in [0.29, 0.717) is 19.6 Å². The van der Waals surface area contributed by atoms with Crippen molar-refractivity contribution in [2.24, 2.45) is 0 Å². The third-order valence-corrected chi connectivity index (χ3v) is 2.98. The molecule has 2 aromatic carbocycles. The van der Waals surface area contributed by atoms with E-state index in [4.69, 9.17) is 4.74 Å². The third kappa shape index (κ3) is 4.43. The molecule has 3 nitrogen and oxygen atoms in total. The fourth-order valence-electron chi connectivity index (χ4n) is 1.77. The van der Waals surface area contributed by atoms with Crippen molar-refractivity contribution in [2.75, 3.05) is 0 Å². The molecule has 2 rings (SSSR count). The molecular weight excluding hydrogens is 250 g/mol. The molecule has 2 aromatic rings. The van der Waals surface area contributed by atoms with Gasteiger partial charge in [-0.25, -0.2) is 0 Å². The van der Waals surface area contributed by atoms with Crippen LogP contribution < -0.4 is 10.1 Å². The van der Waals surface area contributed by atoms with Crippen molar-refractivity contribution in [3.8, 4) is 5.75 Å². The van der Waals surface area contributed by atoms with E-state index in [1.807, 2.05) is 61.5 Å². The summed E-state index contributed by atoms with van der Waals surface area (Å²) in [5.74, 6) is 0.897. The molecule has 3 heteroatoms. The van der Waals surface area contributed by atoms with E-state index < -0.39 is 0 Å². The molecule has 0 atom stereocenters. The molecule has 0 radical (unpaired) electrons. The summed E-state index contributed by atoms with van der Waals surface area (Å²) in [5, 5.41) is 2.85. The summed E-state index contributed by atoms with van der Waals surface area (Å²) in [4.78, 5) is 11.2. The van der Waals surface area contributed by atoms with Gasteiger partial charge in [-0.1, -0.05) is 49.4 Å². The van der Waals surface area contributed by atoms with Gasteiger partial charge in [0.15, 0.2) is 0 Å². The standard InChI is InChI=1S/C17H19NO2/c1-2-17(19)18-12-14-8-10-16(11-9-14)20-13-15-6-4-3-5-7-15/h3-11H,2,12-13H2,1H3,(H,18,19). The monoisotopic (exact) mass is 269 g/mol. The summed E-state index contributed by atoms with van der Waals surface area (Å²) < 4.78 is 5.71. The minimum Gasteiger partial charge on any atom is -0.489 e. The Hall–Kier alpha value is -2.29. The van der Waals surface area contributed by atoms with E-state index in [9.17, 15) is 4.79 Å². The van der Waals surface area contributed by atoms with Gasteiger partial charge in [0, 0.05) is 13.0 Å². The van der Waals surface area contributed by atoms with Crippen molar-refractivity contribution in [1.82, 2.24) is 5.32 Å². The van der Waals surface area contributed by atoms with Crippen LogP contribution in [-0.2, 0) is 17.9 Å². The van der Waals surface area contributed by atoms with Gasteiger partial charge in [-0.3, -0.25) is 4.79 Å². The van der Waals surface area contributed by atoms with Gasteiger partial charge >= 0.3 is 0 Å². The number of nitrogens with one attached hydrogen (secondary N) is 1. The summed E-state index contributed by atoms with van der Waals surface area (Å²) in [6.07, 6.45) is 0.512. The average Bonchev–Trinajstić information content (AvgIpc) is 2.52. The van der Waals surface area contributed by atoms with Gasteiger partial charge in [0.05, 0.1) is 0 Å². The molecule has 0 aliphatic carbocycles. The van der Waals surface area contributed by atoms with Crippen LogP contribution in [0.3, 0.4) is 0 Å². The normalized spacial score (nSPS) is 10.1. The van der Waals surface area contributed by atoms with Crippen LogP contribution in [-0.4, -0.2) is 5.91 Å². The highest BCUT2D eigenvalue weighted by Crippen LogP contribution is 2.14. The van der Waals surface area contributed by atoms with Gasteiger partial charge in [0.25, 0.3) is 0 Å². The molecule has 0 heterocycles. The van der Waals surface area contributed by atoms with E-state index in [0.717, 1.165) is 16.9 Å². The summed E-state index contributed by atoms with van der Waals surface area (Å²) in [6, 6.07) is 17.8. The molecule has 0 spiro atoms. The Morgan fingerprint density at radius 3 is 2.35 bits per heavy atom. The van der Waals surface area contributed by atoms with Crippen molar-refractivity contribution >= 4 is 5.91 Å². The number of benzene rings is 2. The summed E-state index contributed by atoms with van der Waals surface area (Å²) >= 11 is 0. The fourth-order valence-corrected chi connectivity index (χ4v) is 1.77. The second-order valence-electron chi connectivity index (χ2n) is 4.55. The number of hydrogen-bond donors (Lipinski definition) is 1. The zero-order chi connectivity index (χ0) is 14.2. The molecule has 0 aliphatic heterocycles. The second kappa shape index (κ2) is 7.34. The van der Waals surface area contributed by atoms with Crippen molar-refractivity contribution < 1.29 is 9.53 Å². The van der Waals surface area contributed by atoms with Crippen LogP contribution in [0.5, 0.6) is 5.75 Å². The van der Waals surface area contributed by atoms with Crippen molar-refractivity contribution in [3.63, 3.8) is 0 Å². The van der Waals surface area contributed by atoms with Crippen molar-refractivity contribution in [3.05, 3.63) is 65.7 Å². The maximum atomic E-state index is 11.2. The molecule has 0 aromatic heterocycles. The Kier molecular flexibility index (Phi) is 5.18. The molecule has 1 amide bonds. The first-order valence-electron chi connectivity index (χ1n) is 6.80. The van der Waals surface area contributed by atoms with Crippen LogP contribution in [0.2, 0.25) is 0 Å². The molecule has 0 aliphatic rings. The van der Waals surface area contributed by atoms with E-state index in [2.05, 4.69) is 5.32 Å². The molecule has 0 bridgehead atoms. The first-order valence-corrected chi connectivity index (χ1v) is 6.80. The van der Waals surface area contributed by atoms with Crippen LogP contribution in [0.1, 0.15) is 24.5 Å². The predicted octanol–water partition coefficient (Wildman–Crippen LogP) is 3.29. The van der Waals surface area contributed by atoms with Crippen LogP contribution >= 0.6 is 0 Å². The fraction of sp³-hybridized carbons (Fsp3) is 0.235. The highest BCUT2D eigenvalue weighted by Gasteiger charge is 1.99. The largest absolute Gasteiger partial charge is 0.489 e. The van der Waals surface area contributed by atoms with E-state index in [1.54, 1.807) is 0 Å². The van der Waals surface area contributed by atoms with Gasteiger partial charge in [0.1, 0.15) is 12.4 Å². The van der Waals surface area contributed by atoms with E-state index >= 15 is 0 Å². The maximum absolute atomic E-state index is 11.2. The highest BCUT2D eigenvalue weighted by molar-refractivity contribution is 5.75. The lowest BCUT2D eigenvalue weighted by atomic mass is 10.2. The zero-order valence-corrected chi connectivity index (χ0v) is 11.6. The molecule has 20 heavy (non-hydrogen) atoms. The molecule has 104 valence electrons. The number of carbonyl (C=O) groups excluding carboxylic acids is 1. The molecule has 1 N–H and O–H groups in total. The number of rotatable bonds is 6. The Balaban J connectivity index is 1.84. The average molecular weight is 269 g/mol. The maximum Gasteiger partial charge on any atom is 0.219 e. The lowest BCUT2D eigenvalue weighted by Gasteiger charge is -2.08. The number of amides is 1. The minimum atomic E-state index is 0.0643. The van der Waals surface area contributed by atoms with Gasteiger partial charge in [0.2, 0.25) is 5.91 Å². The van der Waals surface area contributed by atoms with Gasteiger partial charge in [-0.05, 0) is 23.3 Å². The SMILES string of the molecule is CCC(=O)NCc1ccc(OCc2ccccc2)cc1. The topological polar surface area (TPSA) is 38.3 Å². The summed E-state index contributed by atoms with van der Waals surface area (Å²) in [6.45, 7) is 2.97. The zero-order valence-electron chi connectivity index (χ0n) is 11.6. The van der Waals surface area contributed by atoms with Gasteiger partial charge in [-0.15, -0.1) is 0 Å². The smallest absolute Gasteiger partial charge is 0.219 e. The van der Waals surface area contributed by atoms with Crippen LogP contribution in [0, 0.1) is 0 Å². The summed E-state index contributed by atoms with van der Waals surface area (Å²) in [5.41, 5.74) is 2.21. The number of hydrogen-bond acceptors (Lipinski definition) is 2. The number of carbonyl (C=O) groups is 1. The molecule has 0 fully saturated rings. The minimum absolute atomic E-state index is 0.0643. The first-order chi connectivity index (χ1) is 9.78. The van der Waals surface area contributed by atoms with Gasteiger partial charge in [-0.2, -0.15) is 0 Å². The van der Waals surface area contributed by atoms with Crippen LogP contribution in [0.25, 0.3) is 0 Å². The van der Waals surface area contributed by atoms with Crippen molar-refractivity contribution in [1.29, 1.82) is 0 Å². The lowest BCUT2D eigenvalue weighted by Crippen LogP contribution is -2.21. The third-order valence-electron chi connectivity index (χ3n) is 2.98.